The number of carbonyl (C=O) groups excluding carboxylic acids is 2. The van der Waals surface area contributed by atoms with E-state index < -0.39 is 0 Å². The lowest BCUT2D eigenvalue weighted by atomic mass is 10.00. The smallest absolute Gasteiger partial charge is 0.233 e. The maximum atomic E-state index is 12.4. The molecule has 1 saturated heterocycles. The zero-order valence-corrected chi connectivity index (χ0v) is 12.2. The van der Waals surface area contributed by atoms with Crippen molar-refractivity contribution in [2.75, 3.05) is 7.11 Å². The van der Waals surface area contributed by atoms with Gasteiger partial charge in [0.15, 0.2) is 0 Å². The first-order valence-electron chi connectivity index (χ1n) is 7.36. The van der Waals surface area contributed by atoms with Gasteiger partial charge in [-0.25, -0.2) is 0 Å². The molecular weight excluding hydrogens is 268 g/mol. The Bertz CT molecular complexity index is 563. The molecule has 2 amide bonds. The van der Waals surface area contributed by atoms with Crippen LogP contribution in [0.1, 0.15) is 30.4 Å². The van der Waals surface area contributed by atoms with Crippen LogP contribution in [0.25, 0.3) is 0 Å². The average Bonchev–Trinajstić information content (AvgIpc) is 3.07. The highest BCUT2D eigenvalue weighted by Crippen LogP contribution is 2.40. The van der Waals surface area contributed by atoms with Gasteiger partial charge in [0.2, 0.25) is 11.8 Å². The number of benzene rings is 1. The fourth-order valence-electron chi connectivity index (χ4n) is 3.47. The molecule has 112 valence electrons. The molecule has 3 rings (SSSR count). The summed E-state index contributed by atoms with van der Waals surface area (Å²) in [6, 6.07) is 5.64. The lowest BCUT2D eigenvalue weighted by Gasteiger charge is -2.18. The van der Waals surface area contributed by atoms with E-state index >= 15 is 0 Å². The number of ether oxygens (including phenoxy) is 1. The van der Waals surface area contributed by atoms with Crippen molar-refractivity contribution in [2.24, 2.45) is 17.6 Å². The molecule has 1 aromatic rings. The second-order valence-electron chi connectivity index (χ2n) is 5.76. The second-order valence-corrected chi connectivity index (χ2v) is 5.76. The number of fused-ring (bicyclic) bond motifs is 1. The number of nitrogens with zero attached hydrogens (tertiary/aromatic N) is 1. The predicted octanol–water partition coefficient (Wildman–Crippen LogP) is 1.44. The van der Waals surface area contributed by atoms with E-state index in [0.29, 0.717) is 12.3 Å². The highest BCUT2D eigenvalue weighted by Gasteiger charge is 2.49. The third-order valence-electron chi connectivity index (χ3n) is 4.59. The number of hydrogen-bond acceptors (Lipinski definition) is 4. The van der Waals surface area contributed by atoms with E-state index in [0.717, 1.165) is 30.4 Å². The average molecular weight is 288 g/mol. The molecule has 0 bridgehead atoms. The van der Waals surface area contributed by atoms with E-state index in [2.05, 4.69) is 0 Å². The molecule has 2 unspecified atom stereocenters. The molecule has 5 heteroatoms. The molecular formula is C16H20N2O3. The van der Waals surface area contributed by atoms with Crippen LogP contribution in [-0.4, -0.2) is 23.8 Å². The molecule has 2 N–H and O–H groups in total. The Morgan fingerprint density at radius 3 is 2.48 bits per heavy atom. The number of methoxy groups -OCH3 is 1. The summed E-state index contributed by atoms with van der Waals surface area (Å²) in [6.45, 7) is 0.700. The number of amides is 2. The van der Waals surface area contributed by atoms with Crippen LogP contribution in [0.2, 0.25) is 0 Å². The molecule has 21 heavy (non-hydrogen) atoms. The van der Waals surface area contributed by atoms with E-state index in [1.807, 2.05) is 18.2 Å². The van der Waals surface area contributed by atoms with Gasteiger partial charge in [-0.3, -0.25) is 14.5 Å². The van der Waals surface area contributed by atoms with Gasteiger partial charge in [0.1, 0.15) is 5.75 Å². The summed E-state index contributed by atoms with van der Waals surface area (Å²) < 4.78 is 5.33. The first-order chi connectivity index (χ1) is 10.2. The minimum atomic E-state index is -0.0961. The quantitative estimate of drug-likeness (QED) is 0.851. The van der Waals surface area contributed by atoms with E-state index in [-0.39, 0.29) is 30.2 Å². The number of imide groups is 1. The van der Waals surface area contributed by atoms with Crippen molar-refractivity contribution in [1.29, 1.82) is 0 Å². The first kappa shape index (κ1) is 14.1. The molecule has 1 aliphatic heterocycles. The first-order valence-corrected chi connectivity index (χ1v) is 7.36. The lowest BCUT2D eigenvalue weighted by molar-refractivity contribution is -0.141. The third-order valence-corrected chi connectivity index (χ3v) is 4.59. The highest BCUT2D eigenvalue weighted by molar-refractivity contribution is 6.05. The second kappa shape index (κ2) is 5.48. The van der Waals surface area contributed by atoms with Crippen LogP contribution in [0.4, 0.5) is 0 Å². The Morgan fingerprint density at radius 1 is 1.24 bits per heavy atom. The van der Waals surface area contributed by atoms with Gasteiger partial charge in [-0.1, -0.05) is 12.5 Å². The molecule has 0 spiro atoms. The van der Waals surface area contributed by atoms with Crippen LogP contribution in [0.15, 0.2) is 18.2 Å². The number of rotatable bonds is 4. The summed E-state index contributed by atoms with van der Waals surface area (Å²) in [7, 11) is 1.59. The molecule has 2 fully saturated rings. The van der Waals surface area contributed by atoms with Gasteiger partial charge < -0.3 is 10.5 Å². The van der Waals surface area contributed by atoms with Gasteiger partial charge in [0, 0.05) is 12.1 Å². The summed E-state index contributed by atoms with van der Waals surface area (Å²) >= 11 is 0. The maximum absolute atomic E-state index is 12.4. The summed E-state index contributed by atoms with van der Waals surface area (Å²) in [5.74, 6) is 0.442. The summed E-state index contributed by atoms with van der Waals surface area (Å²) in [6.07, 6.45) is 2.66. The van der Waals surface area contributed by atoms with Crippen LogP contribution in [0, 0.1) is 11.8 Å². The van der Waals surface area contributed by atoms with Gasteiger partial charge in [0.05, 0.1) is 25.5 Å². The monoisotopic (exact) mass is 288 g/mol. The van der Waals surface area contributed by atoms with Crippen molar-refractivity contribution >= 4 is 11.8 Å². The van der Waals surface area contributed by atoms with Gasteiger partial charge in [0.25, 0.3) is 0 Å². The van der Waals surface area contributed by atoms with Gasteiger partial charge in [-0.15, -0.1) is 0 Å². The van der Waals surface area contributed by atoms with Crippen LogP contribution in [0.3, 0.4) is 0 Å². The molecule has 1 aliphatic carbocycles. The van der Waals surface area contributed by atoms with Crippen molar-refractivity contribution in [3.05, 3.63) is 29.3 Å². The minimum Gasteiger partial charge on any atom is -0.496 e. The van der Waals surface area contributed by atoms with Crippen molar-refractivity contribution in [1.82, 2.24) is 4.90 Å². The van der Waals surface area contributed by atoms with Crippen molar-refractivity contribution < 1.29 is 14.3 Å². The van der Waals surface area contributed by atoms with Crippen molar-refractivity contribution in [3.63, 3.8) is 0 Å². The van der Waals surface area contributed by atoms with E-state index in [1.54, 1.807) is 7.11 Å². The number of carbonyl (C=O) groups is 2. The maximum Gasteiger partial charge on any atom is 0.233 e. The van der Waals surface area contributed by atoms with Crippen LogP contribution in [0.5, 0.6) is 5.75 Å². The largest absolute Gasteiger partial charge is 0.496 e. The van der Waals surface area contributed by atoms with Crippen LogP contribution in [-0.2, 0) is 22.7 Å². The Balaban J connectivity index is 1.86. The zero-order chi connectivity index (χ0) is 15.0. The standard InChI is InChI=1S/C16H20N2O3/c1-21-14-6-5-10(8-17)7-11(14)9-18-15(19)12-3-2-4-13(12)16(18)20/h5-7,12-13H,2-4,8-9,17H2,1H3. The van der Waals surface area contributed by atoms with Crippen molar-refractivity contribution in [2.45, 2.75) is 32.4 Å². The minimum absolute atomic E-state index is 0.0253. The number of hydrogen-bond donors (Lipinski definition) is 1. The molecule has 2 atom stereocenters. The summed E-state index contributed by atoms with van der Waals surface area (Å²) in [5.41, 5.74) is 7.46. The predicted molar refractivity (Wildman–Crippen MR) is 77.3 cm³/mol. The van der Waals surface area contributed by atoms with Crippen LogP contribution >= 0.6 is 0 Å². The molecule has 5 nitrogen and oxygen atoms in total. The normalized spacial score (nSPS) is 24.6. The van der Waals surface area contributed by atoms with Gasteiger partial charge >= 0.3 is 0 Å². The molecule has 0 radical (unpaired) electrons. The topological polar surface area (TPSA) is 72.6 Å². The Labute approximate surface area is 124 Å². The van der Waals surface area contributed by atoms with Gasteiger partial charge in [-0.05, 0) is 30.5 Å². The van der Waals surface area contributed by atoms with Gasteiger partial charge in [-0.2, -0.15) is 0 Å². The summed E-state index contributed by atoms with van der Waals surface area (Å²) in [5, 5.41) is 0. The van der Waals surface area contributed by atoms with E-state index in [9.17, 15) is 9.59 Å². The highest BCUT2D eigenvalue weighted by atomic mass is 16.5. The molecule has 0 aromatic heterocycles. The van der Waals surface area contributed by atoms with E-state index in [4.69, 9.17) is 10.5 Å². The fraction of sp³-hybridized carbons (Fsp3) is 0.500. The number of likely N-dealkylation sites (tertiary alicyclic amines) is 1. The zero-order valence-electron chi connectivity index (χ0n) is 12.2. The molecule has 1 saturated carbocycles. The fourth-order valence-corrected chi connectivity index (χ4v) is 3.47. The molecule has 1 heterocycles. The number of nitrogens with two attached hydrogens (primary N) is 1. The molecule has 2 aliphatic rings. The Kier molecular flexibility index (Phi) is 3.68. The van der Waals surface area contributed by atoms with E-state index in [1.165, 1.54) is 4.90 Å². The lowest BCUT2D eigenvalue weighted by Crippen LogP contribution is -2.31. The molecule has 1 aromatic carbocycles. The summed E-state index contributed by atoms with van der Waals surface area (Å²) in [4.78, 5) is 26.2. The third kappa shape index (κ3) is 2.31. The SMILES string of the molecule is COc1ccc(CN)cc1CN1C(=O)C2CCCC2C1=O. The Hall–Kier alpha value is -1.88. The Morgan fingerprint density at radius 2 is 1.90 bits per heavy atom. The van der Waals surface area contributed by atoms with Crippen LogP contribution < -0.4 is 10.5 Å². The van der Waals surface area contributed by atoms with Crippen molar-refractivity contribution in [3.8, 4) is 5.75 Å².